The number of benzene rings is 3. The standard InChI is InChI=1S/C23H20O6/c1-11-10-14(20-12(2)16(22(26)27)6-8-18(20)24)4-5-15(11)21-13(3)17(23(28)29)7-9-19(21)25/h4-10,24-25H,1-3H3,(H,26,27)(H,28,29). The summed E-state index contributed by atoms with van der Waals surface area (Å²) in [6.07, 6.45) is 0. The second-order valence-electron chi connectivity index (χ2n) is 6.90. The van der Waals surface area contributed by atoms with Crippen molar-refractivity contribution < 1.29 is 30.0 Å². The lowest BCUT2D eigenvalue weighted by Gasteiger charge is -2.16. The van der Waals surface area contributed by atoms with Crippen LogP contribution in [0, 0.1) is 20.8 Å². The van der Waals surface area contributed by atoms with Gasteiger partial charge in [0.15, 0.2) is 0 Å². The fourth-order valence-corrected chi connectivity index (χ4v) is 3.66. The maximum absolute atomic E-state index is 11.4. The van der Waals surface area contributed by atoms with Crippen LogP contribution in [0.4, 0.5) is 0 Å². The zero-order valence-corrected chi connectivity index (χ0v) is 16.1. The molecule has 0 saturated heterocycles. The summed E-state index contributed by atoms with van der Waals surface area (Å²) < 4.78 is 0. The van der Waals surface area contributed by atoms with Crippen molar-refractivity contribution in [3.8, 4) is 33.8 Å². The third kappa shape index (κ3) is 3.40. The second-order valence-corrected chi connectivity index (χ2v) is 6.90. The molecule has 3 rings (SSSR count). The van der Waals surface area contributed by atoms with Crippen LogP contribution in [0.3, 0.4) is 0 Å². The fraction of sp³-hybridized carbons (Fsp3) is 0.130. The van der Waals surface area contributed by atoms with E-state index in [0.29, 0.717) is 33.4 Å². The van der Waals surface area contributed by atoms with Gasteiger partial charge >= 0.3 is 11.9 Å². The number of carbonyl (C=O) groups is 2. The molecule has 0 aromatic heterocycles. The van der Waals surface area contributed by atoms with E-state index in [1.54, 1.807) is 39.0 Å². The second kappa shape index (κ2) is 7.31. The molecule has 0 aliphatic heterocycles. The first kappa shape index (κ1) is 19.9. The Morgan fingerprint density at radius 2 is 1.17 bits per heavy atom. The van der Waals surface area contributed by atoms with Crippen molar-refractivity contribution in [2.24, 2.45) is 0 Å². The van der Waals surface area contributed by atoms with Gasteiger partial charge in [0.2, 0.25) is 0 Å². The number of phenolic OH excluding ortho intramolecular Hbond substituents is 2. The predicted molar refractivity (Wildman–Crippen MR) is 109 cm³/mol. The summed E-state index contributed by atoms with van der Waals surface area (Å²) in [6, 6.07) is 10.6. The van der Waals surface area contributed by atoms with Crippen LogP contribution in [0.1, 0.15) is 37.4 Å². The number of hydrogen-bond acceptors (Lipinski definition) is 4. The minimum atomic E-state index is -1.08. The molecule has 0 fully saturated rings. The van der Waals surface area contributed by atoms with Crippen LogP contribution in [0.15, 0.2) is 42.5 Å². The molecule has 0 atom stereocenters. The Bertz CT molecular complexity index is 1160. The van der Waals surface area contributed by atoms with E-state index >= 15 is 0 Å². The lowest BCUT2D eigenvalue weighted by Crippen LogP contribution is -2.02. The van der Waals surface area contributed by atoms with E-state index in [2.05, 4.69) is 0 Å². The molecule has 4 N–H and O–H groups in total. The molecule has 6 heteroatoms. The molecule has 29 heavy (non-hydrogen) atoms. The van der Waals surface area contributed by atoms with E-state index in [1.165, 1.54) is 24.3 Å². The van der Waals surface area contributed by atoms with Gasteiger partial charge in [-0.3, -0.25) is 0 Å². The maximum Gasteiger partial charge on any atom is 0.335 e. The summed E-state index contributed by atoms with van der Waals surface area (Å²) in [6.45, 7) is 5.07. The molecular formula is C23H20O6. The normalized spacial score (nSPS) is 10.7. The van der Waals surface area contributed by atoms with Gasteiger partial charge in [0.25, 0.3) is 0 Å². The zero-order valence-electron chi connectivity index (χ0n) is 16.1. The summed E-state index contributed by atoms with van der Waals surface area (Å²) in [5, 5.41) is 39.4. The number of aromatic carboxylic acids is 2. The van der Waals surface area contributed by atoms with E-state index < -0.39 is 11.9 Å². The van der Waals surface area contributed by atoms with Crippen molar-refractivity contribution >= 4 is 11.9 Å². The van der Waals surface area contributed by atoms with Crippen molar-refractivity contribution in [2.75, 3.05) is 0 Å². The molecule has 0 heterocycles. The third-order valence-electron chi connectivity index (χ3n) is 5.13. The molecule has 0 radical (unpaired) electrons. The molecule has 6 nitrogen and oxygen atoms in total. The minimum Gasteiger partial charge on any atom is -0.507 e. The third-order valence-corrected chi connectivity index (χ3v) is 5.13. The van der Waals surface area contributed by atoms with Gasteiger partial charge in [-0.25, -0.2) is 9.59 Å². The van der Waals surface area contributed by atoms with E-state index in [-0.39, 0.29) is 22.6 Å². The van der Waals surface area contributed by atoms with Crippen LogP contribution in [0.25, 0.3) is 22.3 Å². The topological polar surface area (TPSA) is 115 Å². The first-order chi connectivity index (χ1) is 13.6. The zero-order chi connectivity index (χ0) is 21.5. The lowest BCUT2D eigenvalue weighted by molar-refractivity contribution is 0.0685. The van der Waals surface area contributed by atoms with Crippen molar-refractivity contribution in [3.63, 3.8) is 0 Å². The van der Waals surface area contributed by atoms with Crippen molar-refractivity contribution in [1.29, 1.82) is 0 Å². The molecule has 0 spiro atoms. The maximum atomic E-state index is 11.4. The predicted octanol–water partition coefficient (Wildman–Crippen LogP) is 4.75. The Kier molecular flexibility index (Phi) is 5.03. The smallest absolute Gasteiger partial charge is 0.335 e. The average molecular weight is 392 g/mol. The van der Waals surface area contributed by atoms with Crippen LogP contribution in [0.5, 0.6) is 11.5 Å². The highest BCUT2D eigenvalue weighted by atomic mass is 16.4. The fourth-order valence-electron chi connectivity index (χ4n) is 3.66. The highest BCUT2D eigenvalue weighted by Gasteiger charge is 2.19. The summed E-state index contributed by atoms with van der Waals surface area (Å²) in [5.74, 6) is -2.23. The Morgan fingerprint density at radius 3 is 1.66 bits per heavy atom. The number of carboxylic acids is 2. The molecule has 0 saturated carbocycles. The number of aromatic hydroxyl groups is 2. The molecule has 148 valence electrons. The van der Waals surface area contributed by atoms with Gasteiger partial charge in [-0.1, -0.05) is 18.2 Å². The van der Waals surface area contributed by atoms with Crippen LogP contribution in [-0.4, -0.2) is 32.4 Å². The van der Waals surface area contributed by atoms with Crippen molar-refractivity contribution in [2.45, 2.75) is 20.8 Å². The number of carboxylic acid groups (broad SMARTS) is 2. The van der Waals surface area contributed by atoms with Gasteiger partial charge < -0.3 is 20.4 Å². The van der Waals surface area contributed by atoms with E-state index in [0.717, 1.165) is 5.56 Å². The van der Waals surface area contributed by atoms with E-state index in [9.17, 15) is 30.0 Å². The number of rotatable bonds is 4. The van der Waals surface area contributed by atoms with Gasteiger partial charge in [-0.15, -0.1) is 0 Å². The van der Waals surface area contributed by atoms with Crippen LogP contribution < -0.4 is 0 Å². The molecule has 0 unspecified atom stereocenters. The van der Waals surface area contributed by atoms with Crippen LogP contribution in [0.2, 0.25) is 0 Å². The van der Waals surface area contributed by atoms with Gasteiger partial charge in [-0.05, 0) is 72.9 Å². The molecular weight excluding hydrogens is 372 g/mol. The SMILES string of the molecule is Cc1cc(-c2c(O)ccc(C(=O)O)c2C)ccc1-c1c(O)ccc(C(=O)O)c1C. The highest BCUT2D eigenvalue weighted by molar-refractivity contribution is 5.95. The van der Waals surface area contributed by atoms with E-state index in [1.807, 2.05) is 0 Å². The average Bonchev–Trinajstić information content (AvgIpc) is 2.62. The molecule has 0 aliphatic carbocycles. The molecule has 3 aromatic carbocycles. The summed E-state index contributed by atoms with van der Waals surface area (Å²) >= 11 is 0. The Hall–Kier alpha value is -3.80. The molecule has 0 amide bonds. The largest absolute Gasteiger partial charge is 0.507 e. The van der Waals surface area contributed by atoms with Gasteiger partial charge in [0, 0.05) is 11.1 Å². The Morgan fingerprint density at radius 1 is 0.690 bits per heavy atom. The lowest BCUT2D eigenvalue weighted by atomic mass is 9.89. The summed E-state index contributed by atoms with van der Waals surface area (Å²) in [5.41, 5.74) is 3.94. The summed E-state index contributed by atoms with van der Waals surface area (Å²) in [7, 11) is 0. The van der Waals surface area contributed by atoms with Crippen molar-refractivity contribution in [1.82, 2.24) is 0 Å². The number of hydrogen-bond donors (Lipinski definition) is 4. The number of aryl methyl sites for hydroxylation is 1. The first-order valence-corrected chi connectivity index (χ1v) is 8.86. The van der Waals surface area contributed by atoms with Crippen LogP contribution >= 0.6 is 0 Å². The molecule has 3 aromatic rings. The quantitative estimate of drug-likeness (QED) is 0.509. The van der Waals surface area contributed by atoms with Gasteiger partial charge in [-0.2, -0.15) is 0 Å². The minimum absolute atomic E-state index is 0.0322. The van der Waals surface area contributed by atoms with Crippen LogP contribution in [-0.2, 0) is 0 Å². The Balaban J connectivity index is 2.20. The van der Waals surface area contributed by atoms with Gasteiger partial charge in [0.05, 0.1) is 11.1 Å². The monoisotopic (exact) mass is 392 g/mol. The van der Waals surface area contributed by atoms with Gasteiger partial charge in [0.1, 0.15) is 11.5 Å². The first-order valence-electron chi connectivity index (χ1n) is 8.86. The molecule has 0 aliphatic rings. The number of phenols is 2. The van der Waals surface area contributed by atoms with Crippen molar-refractivity contribution in [3.05, 3.63) is 70.3 Å². The molecule has 0 bridgehead atoms. The summed E-state index contributed by atoms with van der Waals surface area (Å²) in [4.78, 5) is 22.9. The highest BCUT2D eigenvalue weighted by Crippen LogP contribution is 2.40. The Labute approximate surface area is 167 Å². The van der Waals surface area contributed by atoms with E-state index in [4.69, 9.17) is 0 Å².